The molecule has 5 heteroatoms. The lowest BCUT2D eigenvalue weighted by Crippen LogP contribution is -2.30. The maximum absolute atomic E-state index is 6.28. The second-order valence-corrected chi connectivity index (χ2v) is 9.99. The molecule has 0 spiro atoms. The second kappa shape index (κ2) is 11.4. The summed E-state index contributed by atoms with van der Waals surface area (Å²) < 4.78 is 17.9. The Labute approximate surface area is 209 Å². The summed E-state index contributed by atoms with van der Waals surface area (Å²) in [5.41, 5.74) is 6.12. The number of fused-ring (bicyclic) bond motifs is 2. The maximum Gasteiger partial charge on any atom is 0.133 e. The largest absolute Gasteiger partial charge is 0.493 e. The van der Waals surface area contributed by atoms with Gasteiger partial charge in [-0.15, -0.1) is 0 Å². The quantitative estimate of drug-likeness (QED) is 0.351. The lowest BCUT2D eigenvalue weighted by Gasteiger charge is -2.30. The van der Waals surface area contributed by atoms with Crippen LogP contribution < -0.4 is 9.47 Å². The zero-order valence-corrected chi connectivity index (χ0v) is 21.2. The van der Waals surface area contributed by atoms with Crippen LogP contribution in [-0.2, 0) is 24.2 Å². The molecule has 1 saturated heterocycles. The first kappa shape index (κ1) is 24.1. The number of benzene rings is 2. The van der Waals surface area contributed by atoms with Crippen LogP contribution in [0, 0.1) is 12.8 Å². The van der Waals surface area contributed by atoms with E-state index in [0.29, 0.717) is 5.92 Å². The molecule has 1 aromatic heterocycles. The topological polar surface area (TPSA) is 43.8 Å². The fourth-order valence-corrected chi connectivity index (χ4v) is 5.14. The summed E-state index contributed by atoms with van der Waals surface area (Å²) in [6.45, 7) is 10.4. The molecule has 3 aromatic rings. The summed E-state index contributed by atoms with van der Waals surface area (Å²) in [6.07, 6.45) is 5.44. The molecular weight excluding hydrogens is 436 g/mol. The van der Waals surface area contributed by atoms with Crippen molar-refractivity contribution in [2.24, 2.45) is 5.92 Å². The summed E-state index contributed by atoms with van der Waals surface area (Å²) >= 11 is 0. The van der Waals surface area contributed by atoms with Gasteiger partial charge in [-0.2, -0.15) is 0 Å². The van der Waals surface area contributed by atoms with E-state index in [-0.39, 0.29) is 0 Å². The number of para-hydroxylation sites is 1. The van der Waals surface area contributed by atoms with Gasteiger partial charge in [0, 0.05) is 43.8 Å². The molecule has 0 saturated carbocycles. The highest BCUT2D eigenvalue weighted by atomic mass is 16.5. The molecule has 0 N–H and O–H groups in total. The summed E-state index contributed by atoms with van der Waals surface area (Å²) in [7, 11) is 0. The molecule has 3 heterocycles. The van der Waals surface area contributed by atoms with Crippen molar-refractivity contribution in [1.82, 2.24) is 9.88 Å². The van der Waals surface area contributed by atoms with Crippen LogP contribution in [0.25, 0.3) is 10.9 Å². The third kappa shape index (κ3) is 5.79. The molecule has 0 unspecified atom stereocenters. The van der Waals surface area contributed by atoms with E-state index in [4.69, 9.17) is 19.2 Å². The minimum absolute atomic E-state index is 0.615. The van der Waals surface area contributed by atoms with E-state index in [1.165, 1.54) is 16.7 Å². The molecule has 0 amide bonds. The SMILES string of the molecule is CCCCOc1c(C)c(CN2CCc3cc(OCC4CCOCC4)ccc3C2)nc2ccccc12. The maximum atomic E-state index is 6.28. The summed E-state index contributed by atoms with van der Waals surface area (Å²) in [5.74, 6) is 2.62. The van der Waals surface area contributed by atoms with Crippen molar-refractivity contribution >= 4 is 10.9 Å². The normalized spacial score (nSPS) is 16.9. The van der Waals surface area contributed by atoms with Crippen molar-refractivity contribution in [1.29, 1.82) is 0 Å². The lowest BCUT2D eigenvalue weighted by molar-refractivity contribution is 0.0497. The molecular formula is C30H38N2O3. The Bertz CT molecular complexity index is 1140. The minimum Gasteiger partial charge on any atom is -0.493 e. The van der Waals surface area contributed by atoms with Gasteiger partial charge in [-0.1, -0.05) is 31.5 Å². The fourth-order valence-electron chi connectivity index (χ4n) is 5.14. The average molecular weight is 475 g/mol. The first-order valence-corrected chi connectivity index (χ1v) is 13.3. The smallest absolute Gasteiger partial charge is 0.133 e. The van der Waals surface area contributed by atoms with Crippen molar-refractivity contribution in [2.75, 3.05) is 33.0 Å². The van der Waals surface area contributed by atoms with Crippen molar-refractivity contribution in [2.45, 2.75) is 59.0 Å². The fraction of sp³-hybridized carbons (Fsp3) is 0.500. The van der Waals surface area contributed by atoms with Gasteiger partial charge >= 0.3 is 0 Å². The number of aromatic nitrogens is 1. The molecule has 1 fully saturated rings. The highest BCUT2D eigenvalue weighted by molar-refractivity contribution is 5.86. The first-order valence-electron chi connectivity index (χ1n) is 13.3. The Morgan fingerprint density at radius 1 is 1.06 bits per heavy atom. The number of hydrogen-bond acceptors (Lipinski definition) is 5. The summed E-state index contributed by atoms with van der Waals surface area (Å²) in [6, 6.07) is 15.0. The minimum atomic E-state index is 0.615. The van der Waals surface area contributed by atoms with E-state index in [1.807, 2.05) is 0 Å². The van der Waals surface area contributed by atoms with Crippen molar-refractivity contribution < 1.29 is 14.2 Å². The number of hydrogen-bond donors (Lipinski definition) is 0. The molecule has 35 heavy (non-hydrogen) atoms. The monoisotopic (exact) mass is 474 g/mol. The van der Waals surface area contributed by atoms with Gasteiger partial charge in [0.05, 0.1) is 24.4 Å². The first-order chi connectivity index (χ1) is 17.2. The molecule has 2 aliphatic rings. The predicted molar refractivity (Wildman–Crippen MR) is 140 cm³/mol. The van der Waals surface area contributed by atoms with E-state index in [0.717, 1.165) is 106 Å². The Balaban J connectivity index is 1.27. The van der Waals surface area contributed by atoms with Crippen LogP contribution in [0.4, 0.5) is 0 Å². The van der Waals surface area contributed by atoms with Gasteiger partial charge in [-0.3, -0.25) is 9.88 Å². The number of ether oxygens (including phenoxy) is 3. The standard InChI is InChI=1S/C30H38N2O3/c1-3-4-15-34-30-22(2)29(31-28-8-6-5-7-27(28)30)20-32-14-11-24-18-26(10-9-25(24)19-32)35-21-23-12-16-33-17-13-23/h5-10,18,23H,3-4,11-17,19-21H2,1-2H3. The highest BCUT2D eigenvalue weighted by Crippen LogP contribution is 2.32. The number of unbranched alkanes of at least 4 members (excludes halogenated alkanes) is 1. The Kier molecular flexibility index (Phi) is 7.85. The van der Waals surface area contributed by atoms with Crippen LogP contribution in [0.2, 0.25) is 0 Å². The van der Waals surface area contributed by atoms with E-state index in [1.54, 1.807) is 0 Å². The Hall–Kier alpha value is -2.63. The molecule has 0 radical (unpaired) electrons. The van der Waals surface area contributed by atoms with Crippen LogP contribution >= 0.6 is 0 Å². The third-order valence-electron chi connectivity index (χ3n) is 7.39. The lowest BCUT2D eigenvalue weighted by atomic mass is 9.98. The molecule has 2 aliphatic heterocycles. The van der Waals surface area contributed by atoms with Gasteiger partial charge in [0.15, 0.2) is 0 Å². The van der Waals surface area contributed by atoms with Gasteiger partial charge in [0.25, 0.3) is 0 Å². The van der Waals surface area contributed by atoms with Gasteiger partial charge in [-0.25, -0.2) is 0 Å². The number of nitrogens with zero attached hydrogens (tertiary/aromatic N) is 2. The summed E-state index contributed by atoms with van der Waals surface area (Å²) in [5, 5.41) is 1.11. The highest BCUT2D eigenvalue weighted by Gasteiger charge is 2.21. The van der Waals surface area contributed by atoms with Crippen LogP contribution in [0.5, 0.6) is 11.5 Å². The Morgan fingerprint density at radius 3 is 2.77 bits per heavy atom. The second-order valence-electron chi connectivity index (χ2n) is 9.99. The summed E-state index contributed by atoms with van der Waals surface area (Å²) in [4.78, 5) is 7.55. The zero-order chi connectivity index (χ0) is 24.0. The van der Waals surface area contributed by atoms with E-state index >= 15 is 0 Å². The molecule has 5 rings (SSSR count). The van der Waals surface area contributed by atoms with Crippen LogP contribution in [0.15, 0.2) is 42.5 Å². The average Bonchev–Trinajstić information content (AvgIpc) is 2.90. The van der Waals surface area contributed by atoms with Gasteiger partial charge in [0.1, 0.15) is 11.5 Å². The van der Waals surface area contributed by atoms with Crippen molar-refractivity contribution in [3.05, 3.63) is 64.8 Å². The zero-order valence-electron chi connectivity index (χ0n) is 21.2. The van der Waals surface area contributed by atoms with Gasteiger partial charge < -0.3 is 14.2 Å². The van der Waals surface area contributed by atoms with Crippen molar-refractivity contribution in [3.8, 4) is 11.5 Å². The van der Waals surface area contributed by atoms with Crippen LogP contribution in [0.3, 0.4) is 0 Å². The molecule has 186 valence electrons. The van der Waals surface area contributed by atoms with Crippen LogP contribution in [-0.4, -0.2) is 42.9 Å². The van der Waals surface area contributed by atoms with E-state index in [9.17, 15) is 0 Å². The third-order valence-corrected chi connectivity index (χ3v) is 7.39. The van der Waals surface area contributed by atoms with Crippen LogP contribution in [0.1, 0.15) is 55.0 Å². The van der Waals surface area contributed by atoms with Gasteiger partial charge in [0.2, 0.25) is 0 Å². The predicted octanol–water partition coefficient (Wildman–Crippen LogP) is 6.09. The number of rotatable bonds is 9. The molecule has 0 aliphatic carbocycles. The molecule has 0 bridgehead atoms. The van der Waals surface area contributed by atoms with E-state index < -0.39 is 0 Å². The number of pyridine rings is 1. The van der Waals surface area contributed by atoms with E-state index in [2.05, 4.69) is 61.2 Å². The van der Waals surface area contributed by atoms with Gasteiger partial charge in [-0.05, 0) is 73.9 Å². The van der Waals surface area contributed by atoms with Crippen molar-refractivity contribution in [3.63, 3.8) is 0 Å². The molecule has 0 atom stereocenters. The molecule has 2 aromatic carbocycles. The Morgan fingerprint density at radius 2 is 1.91 bits per heavy atom. The molecule has 5 nitrogen and oxygen atoms in total.